The summed E-state index contributed by atoms with van der Waals surface area (Å²) in [7, 11) is 0. The monoisotopic (exact) mass is 245 g/mol. The topological polar surface area (TPSA) is 38.3 Å². The van der Waals surface area contributed by atoms with Crippen LogP contribution in [0.25, 0.3) is 0 Å². The van der Waals surface area contributed by atoms with Crippen LogP contribution >= 0.6 is 0 Å². The molecule has 0 bridgehead atoms. The van der Waals surface area contributed by atoms with Crippen LogP contribution in [0.15, 0.2) is 24.3 Å². The molecule has 96 valence electrons. The molecule has 2 aliphatic rings. The first kappa shape index (κ1) is 11.7. The van der Waals surface area contributed by atoms with Gasteiger partial charge in [0.1, 0.15) is 6.61 Å². The SMILES string of the molecule is Cc1ccccc1C12CCCCC1OCC(=O)N2. The number of amides is 1. The summed E-state index contributed by atoms with van der Waals surface area (Å²) >= 11 is 0. The third kappa shape index (κ3) is 1.74. The molecule has 1 aromatic rings. The van der Waals surface area contributed by atoms with Crippen molar-refractivity contribution in [2.24, 2.45) is 0 Å². The lowest BCUT2D eigenvalue weighted by Crippen LogP contribution is -2.61. The number of hydrogen-bond donors (Lipinski definition) is 1. The first-order valence-corrected chi connectivity index (χ1v) is 6.71. The maximum absolute atomic E-state index is 11.8. The van der Waals surface area contributed by atoms with Gasteiger partial charge < -0.3 is 10.1 Å². The second kappa shape index (κ2) is 4.39. The summed E-state index contributed by atoms with van der Waals surface area (Å²) < 4.78 is 5.79. The molecule has 3 heteroatoms. The van der Waals surface area contributed by atoms with Crippen LogP contribution in [0.5, 0.6) is 0 Å². The van der Waals surface area contributed by atoms with Crippen LogP contribution in [0.2, 0.25) is 0 Å². The van der Waals surface area contributed by atoms with E-state index in [2.05, 4.69) is 24.4 Å². The molecule has 0 aromatic heterocycles. The van der Waals surface area contributed by atoms with Crippen molar-refractivity contribution in [2.75, 3.05) is 6.61 Å². The second-order valence-corrected chi connectivity index (χ2v) is 5.38. The molecular weight excluding hydrogens is 226 g/mol. The Kier molecular flexibility index (Phi) is 2.86. The molecule has 1 aliphatic carbocycles. The molecule has 1 saturated carbocycles. The molecule has 3 nitrogen and oxygen atoms in total. The highest BCUT2D eigenvalue weighted by Gasteiger charge is 2.47. The Morgan fingerprint density at radius 2 is 2.17 bits per heavy atom. The number of rotatable bonds is 1. The van der Waals surface area contributed by atoms with Gasteiger partial charge in [0.25, 0.3) is 0 Å². The van der Waals surface area contributed by atoms with E-state index in [1.54, 1.807) is 0 Å². The lowest BCUT2D eigenvalue weighted by Gasteiger charge is -2.48. The number of benzene rings is 1. The number of morpholine rings is 1. The molecule has 1 aromatic carbocycles. The smallest absolute Gasteiger partial charge is 0.246 e. The lowest BCUT2D eigenvalue weighted by atomic mass is 9.72. The summed E-state index contributed by atoms with van der Waals surface area (Å²) in [5.41, 5.74) is 2.16. The summed E-state index contributed by atoms with van der Waals surface area (Å²) in [5.74, 6) is 0.0106. The van der Waals surface area contributed by atoms with Gasteiger partial charge in [0.05, 0.1) is 11.6 Å². The van der Waals surface area contributed by atoms with Gasteiger partial charge in [-0.25, -0.2) is 0 Å². The molecule has 1 N–H and O–H groups in total. The minimum absolute atomic E-state index is 0.0106. The van der Waals surface area contributed by atoms with Crippen LogP contribution in [0, 0.1) is 6.92 Å². The predicted molar refractivity (Wildman–Crippen MR) is 69.2 cm³/mol. The summed E-state index contributed by atoms with van der Waals surface area (Å²) in [6, 6.07) is 8.32. The Labute approximate surface area is 108 Å². The van der Waals surface area contributed by atoms with Gasteiger partial charge in [0.15, 0.2) is 0 Å². The lowest BCUT2D eigenvalue weighted by molar-refractivity contribution is -0.148. The number of carbonyl (C=O) groups excluding carboxylic acids is 1. The number of nitrogens with one attached hydrogen (secondary N) is 1. The highest BCUT2D eigenvalue weighted by Crippen LogP contribution is 2.41. The molecule has 2 fully saturated rings. The average molecular weight is 245 g/mol. The van der Waals surface area contributed by atoms with E-state index in [0.717, 1.165) is 19.3 Å². The van der Waals surface area contributed by atoms with Gasteiger partial charge in [-0.3, -0.25) is 4.79 Å². The van der Waals surface area contributed by atoms with E-state index in [0.29, 0.717) is 0 Å². The van der Waals surface area contributed by atoms with E-state index in [1.165, 1.54) is 17.5 Å². The van der Waals surface area contributed by atoms with Crippen molar-refractivity contribution < 1.29 is 9.53 Å². The van der Waals surface area contributed by atoms with Gasteiger partial charge in [-0.1, -0.05) is 37.1 Å². The summed E-state index contributed by atoms with van der Waals surface area (Å²) in [4.78, 5) is 11.8. The Balaban J connectivity index is 2.07. The Bertz CT molecular complexity index is 471. The second-order valence-electron chi connectivity index (χ2n) is 5.38. The van der Waals surface area contributed by atoms with Gasteiger partial charge in [0, 0.05) is 0 Å². The maximum Gasteiger partial charge on any atom is 0.246 e. The summed E-state index contributed by atoms with van der Waals surface area (Å²) in [6.07, 6.45) is 4.48. The molecular formula is C15H19NO2. The van der Waals surface area contributed by atoms with Gasteiger partial charge in [0.2, 0.25) is 5.91 Å². The minimum Gasteiger partial charge on any atom is -0.366 e. The quantitative estimate of drug-likeness (QED) is 0.824. The highest BCUT2D eigenvalue weighted by molar-refractivity contribution is 5.79. The number of carbonyl (C=O) groups is 1. The number of ether oxygens (including phenoxy) is 1. The van der Waals surface area contributed by atoms with Crippen molar-refractivity contribution >= 4 is 5.91 Å². The van der Waals surface area contributed by atoms with Crippen molar-refractivity contribution in [3.05, 3.63) is 35.4 Å². The first-order valence-electron chi connectivity index (χ1n) is 6.71. The molecule has 0 radical (unpaired) electrons. The zero-order valence-corrected chi connectivity index (χ0v) is 10.7. The molecule has 1 amide bonds. The van der Waals surface area contributed by atoms with Crippen molar-refractivity contribution in [3.8, 4) is 0 Å². The van der Waals surface area contributed by atoms with Gasteiger partial charge in [-0.05, 0) is 30.9 Å². The minimum atomic E-state index is -0.293. The molecule has 1 heterocycles. The van der Waals surface area contributed by atoms with Crippen molar-refractivity contribution in [1.29, 1.82) is 0 Å². The van der Waals surface area contributed by atoms with Crippen LogP contribution in [0.1, 0.15) is 36.8 Å². The Morgan fingerprint density at radius 1 is 1.33 bits per heavy atom. The molecule has 2 atom stereocenters. The number of aryl methyl sites for hydroxylation is 1. The summed E-state index contributed by atoms with van der Waals surface area (Å²) in [6.45, 7) is 2.31. The van der Waals surface area contributed by atoms with Gasteiger partial charge >= 0.3 is 0 Å². The van der Waals surface area contributed by atoms with Crippen LogP contribution in [0.4, 0.5) is 0 Å². The van der Waals surface area contributed by atoms with E-state index in [-0.39, 0.29) is 24.2 Å². The zero-order valence-electron chi connectivity index (χ0n) is 10.7. The third-order valence-corrected chi connectivity index (χ3v) is 4.24. The molecule has 3 rings (SSSR count). The molecule has 2 unspecified atom stereocenters. The largest absolute Gasteiger partial charge is 0.366 e. The summed E-state index contributed by atoms with van der Waals surface area (Å²) in [5, 5.41) is 3.22. The molecule has 1 aliphatic heterocycles. The van der Waals surface area contributed by atoms with Crippen molar-refractivity contribution in [3.63, 3.8) is 0 Å². The van der Waals surface area contributed by atoms with Crippen LogP contribution in [-0.2, 0) is 15.1 Å². The molecule has 0 spiro atoms. The standard InChI is InChI=1S/C15H19NO2/c1-11-6-2-3-7-12(11)15-9-5-4-8-13(15)18-10-14(17)16-15/h2-3,6-7,13H,4-5,8-10H2,1H3,(H,16,17). The van der Waals surface area contributed by atoms with Crippen molar-refractivity contribution in [2.45, 2.75) is 44.2 Å². The predicted octanol–water partition coefficient (Wildman–Crippen LogP) is 2.28. The molecule has 1 saturated heterocycles. The molecule has 18 heavy (non-hydrogen) atoms. The maximum atomic E-state index is 11.8. The van der Waals surface area contributed by atoms with E-state index in [1.807, 2.05) is 12.1 Å². The van der Waals surface area contributed by atoms with Gasteiger partial charge in [-0.2, -0.15) is 0 Å². The fourth-order valence-electron chi connectivity index (χ4n) is 3.42. The Morgan fingerprint density at radius 3 is 3.00 bits per heavy atom. The highest BCUT2D eigenvalue weighted by atomic mass is 16.5. The van der Waals surface area contributed by atoms with Crippen molar-refractivity contribution in [1.82, 2.24) is 5.32 Å². The normalized spacial score (nSPS) is 31.6. The van der Waals surface area contributed by atoms with E-state index in [9.17, 15) is 4.79 Å². The van der Waals surface area contributed by atoms with E-state index < -0.39 is 0 Å². The fourth-order valence-corrected chi connectivity index (χ4v) is 3.42. The number of fused-ring (bicyclic) bond motifs is 1. The third-order valence-electron chi connectivity index (χ3n) is 4.24. The van der Waals surface area contributed by atoms with Crippen LogP contribution in [-0.4, -0.2) is 18.6 Å². The number of hydrogen-bond acceptors (Lipinski definition) is 2. The first-order chi connectivity index (χ1) is 8.72. The van der Waals surface area contributed by atoms with Crippen LogP contribution in [0.3, 0.4) is 0 Å². The zero-order chi connectivity index (χ0) is 12.6. The average Bonchev–Trinajstić information content (AvgIpc) is 2.38. The van der Waals surface area contributed by atoms with E-state index >= 15 is 0 Å². The Hall–Kier alpha value is -1.35. The van der Waals surface area contributed by atoms with E-state index in [4.69, 9.17) is 4.74 Å². The van der Waals surface area contributed by atoms with Gasteiger partial charge in [-0.15, -0.1) is 0 Å². The fraction of sp³-hybridized carbons (Fsp3) is 0.533. The van der Waals surface area contributed by atoms with Crippen LogP contribution < -0.4 is 5.32 Å².